The number of hydrogen-bond donors (Lipinski definition) is 0. The Balaban J connectivity index is 1.08. The summed E-state index contributed by atoms with van der Waals surface area (Å²) >= 11 is 3.48. The topological polar surface area (TPSA) is 39.7 Å². The Bertz CT molecular complexity index is 1280. The third-order valence-electron chi connectivity index (χ3n) is 7.40. The van der Waals surface area contributed by atoms with Gasteiger partial charge in [0, 0.05) is 54.5 Å². The van der Waals surface area contributed by atoms with E-state index in [2.05, 4.69) is 57.6 Å². The van der Waals surface area contributed by atoms with Crippen molar-refractivity contribution in [2.75, 3.05) is 42.5 Å². The summed E-state index contributed by atoms with van der Waals surface area (Å²) in [4.78, 5) is 23.5. The average molecular weight is 491 g/mol. The van der Waals surface area contributed by atoms with Crippen LogP contribution in [-0.2, 0) is 11.2 Å². The van der Waals surface area contributed by atoms with E-state index in [0.717, 1.165) is 69.0 Å². The van der Waals surface area contributed by atoms with E-state index < -0.39 is 0 Å². The largest absolute Gasteiger partial charge is 0.368 e. The number of anilines is 2. The predicted molar refractivity (Wildman–Crippen MR) is 145 cm³/mol. The van der Waals surface area contributed by atoms with Gasteiger partial charge in [-0.05, 0) is 60.5 Å². The Morgan fingerprint density at radius 2 is 1.88 bits per heavy atom. The van der Waals surface area contributed by atoms with Gasteiger partial charge in [0.2, 0.25) is 6.41 Å². The van der Waals surface area contributed by atoms with E-state index in [1.54, 1.807) is 11.3 Å². The van der Waals surface area contributed by atoms with Crippen LogP contribution in [0.4, 0.5) is 10.8 Å². The zero-order valence-corrected chi connectivity index (χ0v) is 21.0. The summed E-state index contributed by atoms with van der Waals surface area (Å²) in [5.41, 5.74) is 3.74. The maximum Gasteiger partial charge on any atom is 0.216 e. The second kappa shape index (κ2) is 9.64. The number of thiophene rings is 1. The average Bonchev–Trinajstić information content (AvgIpc) is 3.64. The van der Waals surface area contributed by atoms with E-state index in [9.17, 15) is 4.79 Å². The van der Waals surface area contributed by atoms with Gasteiger partial charge < -0.3 is 4.90 Å². The molecule has 7 heteroatoms. The summed E-state index contributed by atoms with van der Waals surface area (Å²) < 4.78 is 2.56. The molecule has 176 valence electrons. The van der Waals surface area contributed by atoms with Crippen molar-refractivity contribution >= 4 is 60.2 Å². The molecule has 0 atom stereocenters. The molecule has 0 N–H and O–H groups in total. The van der Waals surface area contributed by atoms with Crippen LogP contribution in [0.25, 0.3) is 20.3 Å². The standard InChI is InChI=1S/C27H30N4OS2/c32-19-31(21-4-1-2-5-21)27-28-23-9-8-20(18-26(23)34-27)10-12-29-13-15-30(16-14-29)24-6-3-7-25-22(24)11-17-33-25/h3,6-9,11,17-19,21H,1-2,4-5,10,12-16H2. The molecular weight excluding hydrogens is 460 g/mol. The molecule has 2 aliphatic rings. The van der Waals surface area contributed by atoms with Crippen LogP contribution in [0.2, 0.25) is 0 Å². The van der Waals surface area contributed by atoms with Gasteiger partial charge in [-0.15, -0.1) is 11.3 Å². The molecular formula is C27H30N4OS2. The van der Waals surface area contributed by atoms with Crippen molar-refractivity contribution in [1.82, 2.24) is 9.88 Å². The van der Waals surface area contributed by atoms with E-state index in [1.807, 2.05) is 16.2 Å². The lowest BCUT2D eigenvalue weighted by Crippen LogP contribution is -2.47. The van der Waals surface area contributed by atoms with Gasteiger partial charge in [-0.2, -0.15) is 0 Å². The van der Waals surface area contributed by atoms with Crippen LogP contribution in [0, 0.1) is 0 Å². The molecule has 0 spiro atoms. The van der Waals surface area contributed by atoms with Gasteiger partial charge in [-0.1, -0.05) is 36.3 Å². The van der Waals surface area contributed by atoms with Crippen molar-refractivity contribution in [3.8, 4) is 0 Å². The minimum atomic E-state index is 0.322. The summed E-state index contributed by atoms with van der Waals surface area (Å²) in [5, 5.41) is 4.43. The van der Waals surface area contributed by atoms with Crippen molar-refractivity contribution in [3.05, 3.63) is 53.4 Å². The van der Waals surface area contributed by atoms with Crippen LogP contribution in [0.5, 0.6) is 0 Å². The van der Waals surface area contributed by atoms with Gasteiger partial charge in [-0.25, -0.2) is 4.98 Å². The van der Waals surface area contributed by atoms with Crippen LogP contribution in [-0.4, -0.2) is 55.1 Å². The summed E-state index contributed by atoms with van der Waals surface area (Å²) in [6, 6.07) is 15.9. The first-order valence-corrected chi connectivity index (χ1v) is 14.0. The predicted octanol–water partition coefficient (Wildman–Crippen LogP) is 5.78. The Kier molecular flexibility index (Phi) is 6.24. The number of aromatic nitrogens is 1. The molecule has 2 aromatic carbocycles. The molecule has 0 radical (unpaired) electrons. The summed E-state index contributed by atoms with van der Waals surface area (Å²) in [6.07, 6.45) is 6.63. The second-order valence-corrected chi connectivity index (χ2v) is 11.4. The van der Waals surface area contributed by atoms with Gasteiger partial charge in [0.15, 0.2) is 5.13 Å². The third-order valence-corrected chi connectivity index (χ3v) is 9.31. The first-order chi connectivity index (χ1) is 16.8. The van der Waals surface area contributed by atoms with Crippen LogP contribution >= 0.6 is 22.7 Å². The Morgan fingerprint density at radius 3 is 2.71 bits per heavy atom. The smallest absolute Gasteiger partial charge is 0.216 e. The SMILES string of the molecule is O=CN(c1nc2ccc(CCN3CCN(c4cccc5sccc45)CC3)cc2s1)C1CCCC1. The summed E-state index contributed by atoms with van der Waals surface area (Å²) in [5.74, 6) is 0. The molecule has 6 rings (SSSR count). The lowest BCUT2D eigenvalue weighted by atomic mass is 10.1. The quantitative estimate of drug-likeness (QED) is 0.308. The highest BCUT2D eigenvalue weighted by molar-refractivity contribution is 7.22. The number of rotatable bonds is 7. The lowest BCUT2D eigenvalue weighted by molar-refractivity contribution is -0.107. The second-order valence-electron chi connectivity index (χ2n) is 9.44. The number of nitrogens with zero attached hydrogens (tertiary/aromatic N) is 4. The van der Waals surface area contributed by atoms with Crippen LogP contribution in [0.1, 0.15) is 31.2 Å². The Morgan fingerprint density at radius 1 is 1.03 bits per heavy atom. The van der Waals surface area contributed by atoms with Crippen LogP contribution in [0.3, 0.4) is 0 Å². The van der Waals surface area contributed by atoms with Crippen molar-refractivity contribution in [2.24, 2.45) is 0 Å². The van der Waals surface area contributed by atoms with Crippen LogP contribution in [0.15, 0.2) is 47.8 Å². The number of benzene rings is 2. The number of fused-ring (bicyclic) bond motifs is 2. The summed E-state index contributed by atoms with van der Waals surface area (Å²) in [6.45, 7) is 5.44. The maximum atomic E-state index is 11.8. The van der Waals surface area contributed by atoms with Crippen molar-refractivity contribution in [2.45, 2.75) is 38.1 Å². The Hall–Kier alpha value is -2.48. The first-order valence-electron chi connectivity index (χ1n) is 12.3. The van der Waals surface area contributed by atoms with Crippen molar-refractivity contribution in [1.29, 1.82) is 0 Å². The minimum absolute atomic E-state index is 0.322. The molecule has 1 aliphatic carbocycles. The molecule has 4 aromatic rings. The fourth-order valence-corrected chi connectivity index (χ4v) is 7.32. The first kappa shape index (κ1) is 22.0. The molecule has 2 fully saturated rings. The van der Waals surface area contributed by atoms with E-state index in [1.165, 1.54) is 38.9 Å². The van der Waals surface area contributed by atoms with Gasteiger partial charge in [0.05, 0.1) is 10.2 Å². The molecule has 5 nitrogen and oxygen atoms in total. The van der Waals surface area contributed by atoms with Gasteiger partial charge >= 0.3 is 0 Å². The molecule has 3 heterocycles. The highest BCUT2D eigenvalue weighted by Gasteiger charge is 2.25. The van der Waals surface area contributed by atoms with Crippen molar-refractivity contribution in [3.63, 3.8) is 0 Å². The maximum absolute atomic E-state index is 11.8. The number of carbonyl (C=O) groups excluding carboxylic acids is 1. The number of hydrogen-bond acceptors (Lipinski definition) is 6. The molecule has 1 saturated carbocycles. The number of thiazole rings is 1. The summed E-state index contributed by atoms with van der Waals surface area (Å²) in [7, 11) is 0. The Labute approximate surface area is 208 Å². The van der Waals surface area contributed by atoms with Crippen molar-refractivity contribution < 1.29 is 4.79 Å². The molecule has 1 saturated heterocycles. The van der Waals surface area contributed by atoms with Gasteiger partial charge in [0.1, 0.15) is 0 Å². The van der Waals surface area contributed by atoms with E-state index >= 15 is 0 Å². The molecule has 1 aliphatic heterocycles. The van der Waals surface area contributed by atoms with Gasteiger partial charge in [0.25, 0.3) is 0 Å². The van der Waals surface area contributed by atoms with E-state index in [-0.39, 0.29) is 0 Å². The van der Waals surface area contributed by atoms with Gasteiger partial charge in [-0.3, -0.25) is 14.6 Å². The highest BCUT2D eigenvalue weighted by atomic mass is 32.1. The van der Waals surface area contributed by atoms with E-state index in [0.29, 0.717) is 6.04 Å². The molecule has 34 heavy (non-hydrogen) atoms. The fourth-order valence-electron chi connectivity index (χ4n) is 5.45. The zero-order chi connectivity index (χ0) is 22.9. The molecule has 0 bridgehead atoms. The number of piperazine rings is 1. The monoisotopic (exact) mass is 490 g/mol. The molecule has 2 aromatic heterocycles. The third kappa shape index (κ3) is 4.32. The van der Waals surface area contributed by atoms with Crippen LogP contribution < -0.4 is 9.80 Å². The normalized spacial score (nSPS) is 17.7. The minimum Gasteiger partial charge on any atom is -0.368 e. The number of carbonyl (C=O) groups is 1. The zero-order valence-electron chi connectivity index (χ0n) is 19.4. The highest BCUT2D eigenvalue weighted by Crippen LogP contribution is 2.34. The molecule has 0 unspecified atom stereocenters. The number of amides is 1. The van der Waals surface area contributed by atoms with E-state index in [4.69, 9.17) is 4.98 Å². The fraction of sp³-hybridized carbons (Fsp3) is 0.407. The lowest BCUT2D eigenvalue weighted by Gasteiger charge is -2.36. The molecule has 1 amide bonds.